The van der Waals surface area contributed by atoms with Gasteiger partial charge in [0, 0.05) is 6.54 Å². The van der Waals surface area contributed by atoms with E-state index in [1.807, 2.05) is 0 Å². The van der Waals surface area contributed by atoms with Crippen LogP contribution >= 0.6 is 0 Å². The van der Waals surface area contributed by atoms with E-state index in [0.29, 0.717) is 22.6 Å². The molecule has 1 aliphatic rings. The highest BCUT2D eigenvalue weighted by molar-refractivity contribution is 6.21. The number of rotatable bonds is 6. The molecule has 2 heterocycles. The van der Waals surface area contributed by atoms with Gasteiger partial charge < -0.3 is 13.9 Å². The van der Waals surface area contributed by atoms with E-state index >= 15 is 0 Å². The quantitative estimate of drug-likeness (QED) is 0.566. The molecule has 1 aromatic carbocycles. The van der Waals surface area contributed by atoms with Crippen LogP contribution in [0.25, 0.3) is 0 Å². The SMILES string of the molecule is COC(=O)c1cc(COC(=O)CCN2C(=O)c3ccccc3C2=O)oc1C. The van der Waals surface area contributed by atoms with Crippen LogP contribution in [0.15, 0.2) is 34.7 Å². The fourth-order valence-electron chi connectivity index (χ4n) is 2.80. The molecule has 0 aliphatic carbocycles. The van der Waals surface area contributed by atoms with Crippen molar-refractivity contribution in [3.05, 3.63) is 58.5 Å². The van der Waals surface area contributed by atoms with E-state index in [2.05, 4.69) is 4.74 Å². The zero-order valence-electron chi connectivity index (χ0n) is 14.8. The van der Waals surface area contributed by atoms with Crippen molar-refractivity contribution in [1.82, 2.24) is 4.90 Å². The largest absolute Gasteiger partial charge is 0.465 e. The highest BCUT2D eigenvalue weighted by Gasteiger charge is 2.35. The Morgan fingerprint density at radius 2 is 1.74 bits per heavy atom. The summed E-state index contributed by atoms with van der Waals surface area (Å²) in [5.41, 5.74) is 0.920. The molecule has 3 rings (SSSR count). The lowest BCUT2D eigenvalue weighted by Crippen LogP contribution is -2.32. The Kier molecular flexibility index (Phi) is 5.07. The molecule has 8 heteroatoms. The Labute approximate surface area is 154 Å². The number of benzene rings is 1. The lowest BCUT2D eigenvalue weighted by Gasteiger charge is -2.12. The monoisotopic (exact) mass is 371 g/mol. The molecule has 0 atom stereocenters. The molecule has 0 fully saturated rings. The van der Waals surface area contributed by atoms with E-state index in [4.69, 9.17) is 9.15 Å². The van der Waals surface area contributed by atoms with Crippen LogP contribution in [0.2, 0.25) is 0 Å². The zero-order chi connectivity index (χ0) is 19.6. The number of aryl methyl sites for hydroxylation is 1. The molecule has 0 saturated carbocycles. The molecule has 2 aromatic rings. The van der Waals surface area contributed by atoms with Crippen LogP contribution < -0.4 is 0 Å². The fraction of sp³-hybridized carbons (Fsp3) is 0.263. The Morgan fingerprint density at radius 3 is 2.33 bits per heavy atom. The maximum atomic E-state index is 12.2. The van der Waals surface area contributed by atoms with Gasteiger partial charge in [-0.25, -0.2) is 4.79 Å². The highest BCUT2D eigenvalue weighted by Crippen LogP contribution is 2.22. The molecule has 1 aromatic heterocycles. The van der Waals surface area contributed by atoms with Crippen molar-refractivity contribution in [3.8, 4) is 0 Å². The van der Waals surface area contributed by atoms with Gasteiger partial charge in [0.15, 0.2) is 0 Å². The number of carbonyl (C=O) groups excluding carboxylic acids is 4. The minimum absolute atomic E-state index is 0.0736. The average molecular weight is 371 g/mol. The number of nitrogens with zero attached hydrogens (tertiary/aromatic N) is 1. The Hall–Kier alpha value is -3.42. The number of fused-ring (bicyclic) bond motifs is 1. The summed E-state index contributed by atoms with van der Waals surface area (Å²) in [5, 5.41) is 0. The molecule has 0 unspecified atom stereocenters. The number of hydrogen-bond acceptors (Lipinski definition) is 7. The third-order valence-corrected chi connectivity index (χ3v) is 4.17. The predicted octanol–water partition coefficient (Wildman–Crippen LogP) is 2.10. The number of amides is 2. The number of furan rings is 1. The van der Waals surface area contributed by atoms with Crippen molar-refractivity contribution in [1.29, 1.82) is 0 Å². The van der Waals surface area contributed by atoms with Crippen molar-refractivity contribution >= 4 is 23.8 Å². The first kappa shape index (κ1) is 18.4. The standard InChI is InChI=1S/C19H17NO7/c1-11-15(19(24)25-2)9-12(27-11)10-26-16(21)7-8-20-17(22)13-5-3-4-6-14(13)18(20)23/h3-6,9H,7-8,10H2,1-2H3. The van der Waals surface area contributed by atoms with E-state index in [1.165, 1.54) is 13.2 Å². The maximum Gasteiger partial charge on any atom is 0.341 e. The molecule has 0 N–H and O–H groups in total. The van der Waals surface area contributed by atoms with Crippen LogP contribution in [-0.4, -0.2) is 42.3 Å². The Bertz CT molecular complexity index is 893. The summed E-state index contributed by atoms with van der Waals surface area (Å²) in [6, 6.07) is 7.95. The second-order valence-electron chi connectivity index (χ2n) is 5.89. The van der Waals surface area contributed by atoms with Gasteiger partial charge in [0.1, 0.15) is 23.7 Å². The second kappa shape index (κ2) is 7.45. The molecule has 0 saturated heterocycles. The van der Waals surface area contributed by atoms with Crippen molar-refractivity contribution in [2.75, 3.05) is 13.7 Å². The first-order valence-corrected chi connectivity index (χ1v) is 8.21. The number of ether oxygens (including phenoxy) is 2. The van der Waals surface area contributed by atoms with Crippen LogP contribution in [0.5, 0.6) is 0 Å². The summed E-state index contributed by atoms with van der Waals surface area (Å²) < 4.78 is 15.1. The van der Waals surface area contributed by atoms with Crippen LogP contribution in [0, 0.1) is 6.92 Å². The molecule has 0 spiro atoms. The van der Waals surface area contributed by atoms with Crippen LogP contribution in [-0.2, 0) is 20.9 Å². The van der Waals surface area contributed by atoms with Gasteiger partial charge in [0.25, 0.3) is 11.8 Å². The molecule has 140 valence electrons. The molecule has 8 nitrogen and oxygen atoms in total. The van der Waals surface area contributed by atoms with Gasteiger partial charge in [-0.2, -0.15) is 0 Å². The number of esters is 2. The number of hydrogen-bond donors (Lipinski definition) is 0. The van der Waals surface area contributed by atoms with E-state index in [-0.39, 0.29) is 25.1 Å². The van der Waals surface area contributed by atoms with E-state index < -0.39 is 23.8 Å². The van der Waals surface area contributed by atoms with Gasteiger partial charge >= 0.3 is 11.9 Å². The zero-order valence-corrected chi connectivity index (χ0v) is 14.8. The van der Waals surface area contributed by atoms with Gasteiger partial charge in [0.05, 0.1) is 24.7 Å². The predicted molar refractivity (Wildman–Crippen MR) is 91.0 cm³/mol. The summed E-state index contributed by atoms with van der Waals surface area (Å²) in [7, 11) is 1.26. The third kappa shape index (κ3) is 3.59. The summed E-state index contributed by atoms with van der Waals surface area (Å²) in [5.74, 6) is -1.33. The van der Waals surface area contributed by atoms with Gasteiger partial charge in [-0.1, -0.05) is 12.1 Å². The van der Waals surface area contributed by atoms with Crippen LogP contribution in [0.1, 0.15) is 49.0 Å². The minimum Gasteiger partial charge on any atom is -0.465 e. The van der Waals surface area contributed by atoms with Crippen molar-refractivity contribution in [2.24, 2.45) is 0 Å². The molecule has 0 radical (unpaired) electrons. The Balaban J connectivity index is 1.53. The maximum absolute atomic E-state index is 12.2. The topological polar surface area (TPSA) is 103 Å². The van der Waals surface area contributed by atoms with Gasteiger partial charge in [0.2, 0.25) is 0 Å². The summed E-state index contributed by atoms with van der Waals surface area (Å²) in [6.45, 7) is 1.36. The first-order chi connectivity index (χ1) is 12.9. The van der Waals surface area contributed by atoms with Gasteiger partial charge in [-0.05, 0) is 25.1 Å². The third-order valence-electron chi connectivity index (χ3n) is 4.17. The lowest BCUT2D eigenvalue weighted by atomic mass is 10.1. The highest BCUT2D eigenvalue weighted by atomic mass is 16.5. The van der Waals surface area contributed by atoms with Crippen molar-refractivity contribution in [3.63, 3.8) is 0 Å². The molecule has 1 aliphatic heterocycles. The lowest BCUT2D eigenvalue weighted by molar-refractivity contribution is -0.145. The molecule has 0 bridgehead atoms. The fourth-order valence-corrected chi connectivity index (χ4v) is 2.80. The first-order valence-electron chi connectivity index (χ1n) is 8.21. The second-order valence-corrected chi connectivity index (χ2v) is 5.89. The minimum atomic E-state index is -0.597. The van der Waals surface area contributed by atoms with E-state index in [0.717, 1.165) is 4.90 Å². The molecular formula is C19H17NO7. The van der Waals surface area contributed by atoms with Crippen LogP contribution in [0.3, 0.4) is 0 Å². The van der Waals surface area contributed by atoms with Gasteiger partial charge in [-0.15, -0.1) is 0 Å². The van der Waals surface area contributed by atoms with Crippen molar-refractivity contribution in [2.45, 2.75) is 20.0 Å². The number of carbonyl (C=O) groups is 4. The molecular weight excluding hydrogens is 354 g/mol. The van der Waals surface area contributed by atoms with E-state index in [1.54, 1.807) is 31.2 Å². The van der Waals surface area contributed by atoms with Crippen molar-refractivity contribution < 1.29 is 33.1 Å². The molecule has 2 amide bonds. The number of methoxy groups -OCH3 is 1. The summed E-state index contributed by atoms with van der Waals surface area (Å²) >= 11 is 0. The smallest absolute Gasteiger partial charge is 0.341 e. The summed E-state index contributed by atoms with van der Waals surface area (Å²) in [6.07, 6.45) is -0.144. The molecule has 27 heavy (non-hydrogen) atoms. The average Bonchev–Trinajstić information content (AvgIpc) is 3.16. The van der Waals surface area contributed by atoms with Gasteiger partial charge in [-0.3, -0.25) is 19.3 Å². The number of imide groups is 1. The summed E-state index contributed by atoms with van der Waals surface area (Å²) in [4.78, 5) is 48.9. The normalized spacial score (nSPS) is 12.9. The van der Waals surface area contributed by atoms with Crippen LogP contribution in [0.4, 0.5) is 0 Å². The Morgan fingerprint density at radius 1 is 1.11 bits per heavy atom. The van der Waals surface area contributed by atoms with E-state index in [9.17, 15) is 19.2 Å².